The number of benzene rings is 2. The topological polar surface area (TPSA) is 38.3 Å². The summed E-state index contributed by atoms with van der Waals surface area (Å²) >= 11 is 0. The first-order valence-electron chi connectivity index (χ1n) is 9.60. The van der Waals surface area contributed by atoms with Crippen LogP contribution in [0.4, 0.5) is 0 Å². The summed E-state index contributed by atoms with van der Waals surface area (Å²) in [5.74, 6) is 0.685. The summed E-state index contributed by atoms with van der Waals surface area (Å²) in [4.78, 5) is 12.6. The van der Waals surface area contributed by atoms with Crippen molar-refractivity contribution in [2.45, 2.75) is 65.5 Å². The van der Waals surface area contributed by atoms with E-state index in [4.69, 9.17) is 4.74 Å². The van der Waals surface area contributed by atoms with Gasteiger partial charge < -0.3 is 10.1 Å². The fraction of sp³-hybridized carbons (Fsp3) is 0.435. The molecule has 0 unspecified atom stereocenters. The van der Waals surface area contributed by atoms with Gasteiger partial charge in [0.25, 0.3) is 5.91 Å². The van der Waals surface area contributed by atoms with Gasteiger partial charge in [-0.05, 0) is 87.3 Å². The van der Waals surface area contributed by atoms with Crippen LogP contribution in [0.3, 0.4) is 0 Å². The van der Waals surface area contributed by atoms with Crippen LogP contribution in [-0.2, 0) is 17.6 Å². The Balaban J connectivity index is 1.64. The van der Waals surface area contributed by atoms with Crippen molar-refractivity contribution >= 4 is 5.91 Å². The van der Waals surface area contributed by atoms with Gasteiger partial charge in [-0.2, -0.15) is 0 Å². The van der Waals surface area contributed by atoms with Gasteiger partial charge in [0.2, 0.25) is 0 Å². The summed E-state index contributed by atoms with van der Waals surface area (Å²) in [6.45, 7) is 7.86. The van der Waals surface area contributed by atoms with Crippen molar-refractivity contribution in [3.05, 3.63) is 64.2 Å². The molecule has 3 nitrogen and oxygen atoms in total. The van der Waals surface area contributed by atoms with Crippen LogP contribution in [-0.4, -0.2) is 12.0 Å². The smallest absolute Gasteiger partial charge is 0.261 e. The van der Waals surface area contributed by atoms with Gasteiger partial charge in [0.05, 0.1) is 6.04 Å². The van der Waals surface area contributed by atoms with Crippen molar-refractivity contribution in [1.29, 1.82) is 0 Å². The van der Waals surface area contributed by atoms with E-state index in [0.29, 0.717) is 0 Å². The third kappa shape index (κ3) is 4.27. The average molecular weight is 351 g/mol. The molecular weight excluding hydrogens is 322 g/mol. The molecule has 1 aliphatic rings. The van der Waals surface area contributed by atoms with E-state index in [9.17, 15) is 4.79 Å². The molecule has 0 heterocycles. The first-order chi connectivity index (χ1) is 12.4. The number of carbonyl (C=O) groups excluding carboxylic acids is 1. The molecule has 0 bridgehead atoms. The molecule has 0 aromatic heterocycles. The van der Waals surface area contributed by atoms with E-state index in [1.54, 1.807) is 6.92 Å². The average Bonchev–Trinajstić information content (AvgIpc) is 2.64. The van der Waals surface area contributed by atoms with Crippen molar-refractivity contribution < 1.29 is 9.53 Å². The molecule has 0 fully saturated rings. The van der Waals surface area contributed by atoms with Gasteiger partial charge >= 0.3 is 0 Å². The largest absolute Gasteiger partial charge is 0.481 e. The zero-order valence-corrected chi connectivity index (χ0v) is 16.3. The Kier molecular flexibility index (Phi) is 5.65. The van der Waals surface area contributed by atoms with Crippen LogP contribution in [0.2, 0.25) is 0 Å². The summed E-state index contributed by atoms with van der Waals surface area (Å²) in [7, 11) is 0. The maximum Gasteiger partial charge on any atom is 0.261 e. The SMILES string of the molecule is Cc1ccc(C)c(O[C@H](C)C(=O)N[C@H](C)c2ccc3c(c2)CCCC3)c1. The first kappa shape index (κ1) is 18.5. The maximum atomic E-state index is 12.6. The predicted molar refractivity (Wildman–Crippen MR) is 106 cm³/mol. The summed E-state index contributed by atoms with van der Waals surface area (Å²) in [5, 5.41) is 3.09. The number of fused-ring (bicyclic) bond motifs is 1. The highest BCUT2D eigenvalue weighted by molar-refractivity contribution is 5.81. The Labute approximate surface area is 156 Å². The van der Waals surface area contributed by atoms with Crippen molar-refractivity contribution in [1.82, 2.24) is 5.32 Å². The first-order valence-corrected chi connectivity index (χ1v) is 9.60. The molecule has 3 heteroatoms. The van der Waals surface area contributed by atoms with E-state index in [0.717, 1.165) is 28.9 Å². The molecule has 0 saturated heterocycles. The number of aryl methyl sites for hydroxylation is 4. The lowest BCUT2D eigenvalue weighted by Crippen LogP contribution is -2.38. The van der Waals surface area contributed by atoms with Crippen molar-refractivity contribution in [3.8, 4) is 5.75 Å². The molecular formula is C23H29NO2. The zero-order valence-electron chi connectivity index (χ0n) is 16.3. The Morgan fingerprint density at radius 3 is 2.50 bits per heavy atom. The second-order valence-corrected chi connectivity index (χ2v) is 7.49. The fourth-order valence-electron chi connectivity index (χ4n) is 3.52. The van der Waals surface area contributed by atoms with Crippen LogP contribution >= 0.6 is 0 Å². The second kappa shape index (κ2) is 7.94. The predicted octanol–water partition coefficient (Wildman–Crippen LogP) is 4.83. The number of hydrogen-bond acceptors (Lipinski definition) is 2. The molecule has 1 amide bonds. The highest BCUT2D eigenvalue weighted by atomic mass is 16.5. The molecule has 2 aromatic carbocycles. The third-order valence-electron chi connectivity index (χ3n) is 5.25. The minimum atomic E-state index is -0.532. The lowest BCUT2D eigenvalue weighted by atomic mass is 9.89. The molecule has 0 radical (unpaired) electrons. The van der Waals surface area contributed by atoms with Crippen molar-refractivity contribution in [3.63, 3.8) is 0 Å². The molecule has 26 heavy (non-hydrogen) atoms. The molecule has 2 atom stereocenters. The van der Waals surface area contributed by atoms with Gasteiger partial charge in [0, 0.05) is 0 Å². The summed E-state index contributed by atoms with van der Waals surface area (Å²) in [5.41, 5.74) is 6.23. The van der Waals surface area contributed by atoms with Gasteiger partial charge in [-0.1, -0.05) is 30.3 Å². The van der Waals surface area contributed by atoms with Gasteiger partial charge in [-0.15, -0.1) is 0 Å². The summed E-state index contributed by atoms with van der Waals surface area (Å²) in [6, 6.07) is 12.6. The lowest BCUT2D eigenvalue weighted by Gasteiger charge is -2.22. The normalized spacial score (nSPS) is 15.7. The van der Waals surface area contributed by atoms with Crippen LogP contribution in [0.1, 0.15) is 60.5 Å². The molecule has 138 valence electrons. The number of hydrogen-bond donors (Lipinski definition) is 1. The van der Waals surface area contributed by atoms with Crippen molar-refractivity contribution in [2.75, 3.05) is 0 Å². The van der Waals surface area contributed by atoms with Crippen molar-refractivity contribution in [2.24, 2.45) is 0 Å². The Morgan fingerprint density at radius 1 is 1.00 bits per heavy atom. The minimum absolute atomic E-state index is 0.0283. The highest BCUT2D eigenvalue weighted by Gasteiger charge is 2.19. The van der Waals surface area contributed by atoms with Gasteiger partial charge in [0.1, 0.15) is 5.75 Å². The summed E-state index contributed by atoms with van der Waals surface area (Å²) in [6.07, 6.45) is 4.34. The fourth-order valence-corrected chi connectivity index (χ4v) is 3.52. The molecule has 0 saturated carbocycles. The quantitative estimate of drug-likeness (QED) is 0.838. The van der Waals surface area contributed by atoms with Crippen LogP contribution in [0, 0.1) is 13.8 Å². The van der Waals surface area contributed by atoms with Gasteiger partial charge in [-0.3, -0.25) is 4.79 Å². The molecule has 1 N–H and O–H groups in total. The van der Waals surface area contributed by atoms with Crippen LogP contribution in [0.5, 0.6) is 5.75 Å². The number of nitrogens with one attached hydrogen (secondary N) is 1. The number of rotatable bonds is 5. The Morgan fingerprint density at radius 2 is 1.73 bits per heavy atom. The summed E-state index contributed by atoms with van der Waals surface area (Å²) < 4.78 is 5.90. The minimum Gasteiger partial charge on any atom is -0.481 e. The van der Waals surface area contributed by atoms with E-state index in [-0.39, 0.29) is 11.9 Å². The van der Waals surface area contributed by atoms with Gasteiger partial charge in [0.15, 0.2) is 6.10 Å². The molecule has 0 aliphatic heterocycles. The van der Waals surface area contributed by atoms with Crippen LogP contribution in [0.25, 0.3) is 0 Å². The van der Waals surface area contributed by atoms with E-state index < -0.39 is 6.10 Å². The maximum absolute atomic E-state index is 12.6. The van der Waals surface area contributed by atoms with Crippen LogP contribution < -0.4 is 10.1 Å². The van der Waals surface area contributed by atoms with Gasteiger partial charge in [-0.25, -0.2) is 0 Å². The van der Waals surface area contributed by atoms with E-state index in [1.165, 1.54) is 30.4 Å². The highest BCUT2D eigenvalue weighted by Crippen LogP contribution is 2.25. The Bertz CT molecular complexity index is 797. The van der Waals surface area contributed by atoms with Crippen LogP contribution in [0.15, 0.2) is 36.4 Å². The molecule has 1 aliphatic carbocycles. The van der Waals surface area contributed by atoms with E-state index in [2.05, 4.69) is 23.5 Å². The van der Waals surface area contributed by atoms with E-state index in [1.807, 2.05) is 39.0 Å². The number of ether oxygens (including phenoxy) is 1. The zero-order chi connectivity index (χ0) is 18.7. The monoisotopic (exact) mass is 351 g/mol. The molecule has 2 aromatic rings. The third-order valence-corrected chi connectivity index (χ3v) is 5.25. The molecule has 0 spiro atoms. The molecule has 3 rings (SSSR count). The standard InChI is InChI=1S/C23H29NO2/c1-15-9-10-16(2)22(13-15)26-18(4)23(25)24-17(3)20-12-11-19-7-5-6-8-21(19)14-20/h9-14,17-18H,5-8H2,1-4H3,(H,24,25)/t17-,18-/m1/s1. The number of carbonyl (C=O) groups is 1. The Hall–Kier alpha value is -2.29. The van der Waals surface area contributed by atoms with E-state index >= 15 is 0 Å². The second-order valence-electron chi connectivity index (χ2n) is 7.49. The number of amides is 1. The lowest BCUT2D eigenvalue weighted by molar-refractivity contribution is -0.127.